The number of fused-ring (bicyclic) bond motifs is 1. The van der Waals surface area contributed by atoms with Crippen LogP contribution in [0.25, 0.3) is 0 Å². The molecule has 1 aliphatic rings. The summed E-state index contributed by atoms with van der Waals surface area (Å²) in [4.78, 5) is 28.7. The second-order valence-corrected chi connectivity index (χ2v) is 6.38. The van der Waals surface area contributed by atoms with E-state index in [4.69, 9.17) is 19.0 Å². The number of hydrogen-bond acceptors (Lipinski definition) is 7. The van der Waals surface area contributed by atoms with Gasteiger partial charge in [0.2, 0.25) is 13.4 Å². The Morgan fingerprint density at radius 2 is 1.86 bits per heavy atom. The molecule has 0 aliphatic carbocycles. The van der Waals surface area contributed by atoms with Crippen molar-refractivity contribution in [3.8, 4) is 11.5 Å². The highest BCUT2D eigenvalue weighted by molar-refractivity contribution is 5.99. The summed E-state index contributed by atoms with van der Waals surface area (Å²) in [6.07, 6.45) is 0. The van der Waals surface area contributed by atoms with Crippen LogP contribution < -0.4 is 14.8 Å². The first-order valence-electron chi connectivity index (χ1n) is 9.09. The van der Waals surface area contributed by atoms with Crippen molar-refractivity contribution in [2.75, 3.05) is 20.0 Å². The van der Waals surface area contributed by atoms with E-state index in [1.165, 1.54) is 0 Å². The zero-order chi connectivity index (χ0) is 20.6. The summed E-state index contributed by atoms with van der Waals surface area (Å²) in [5.74, 6) is 0.225. The van der Waals surface area contributed by atoms with Crippen molar-refractivity contribution in [1.29, 1.82) is 0 Å². The molecule has 0 fully saturated rings. The van der Waals surface area contributed by atoms with Crippen LogP contribution in [0.5, 0.6) is 11.5 Å². The molecule has 0 spiro atoms. The number of oxime groups is 1. The number of esters is 1. The standard InChI is InChI=1S/C21H22N2O6/c1-14(16-6-4-3-5-7-16)22-20(24)11-26-21(25)12-29-23-15(2)17-8-9-18-19(10-17)28-13-27-18/h3-10,14H,11-13H2,1-2H3,(H,22,24)/b23-15-/t14-/m1/s1. The minimum absolute atomic E-state index is 0.187. The molecule has 0 radical (unpaired) electrons. The quantitative estimate of drug-likeness (QED) is 0.417. The molecule has 0 unspecified atom stereocenters. The Labute approximate surface area is 168 Å². The van der Waals surface area contributed by atoms with Gasteiger partial charge in [0.15, 0.2) is 18.1 Å². The maximum atomic E-state index is 11.9. The van der Waals surface area contributed by atoms with Crippen LogP contribution >= 0.6 is 0 Å². The van der Waals surface area contributed by atoms with E-state index in [0.717, 1.165) is 11.1 Å². The summed E-state index contributed by atoms with van der Waals surface area (Å²) in [5.41, 5.74) is 2.30. The van der Waals surface area contributed by atoms with Gasteiger partial charge in [0.25, 0.3) is 5.91 Å². The van der Waals surface area contributed by atoms with Gasteiger partial charge in [-0.2, -0.15) is 0 Å². The van der Waals surface area contributed by atoms with Gasteiger partial charge in [-0.05, 0) is 37.6 Å². The number of amides is 1. The van der Waals surface area contributed by atoms with Gasteiger partial charge in [0.1, 0.15) is 0 Å². The molecule has 1 amide bonds. The van der Waals surface area contributed by atoms with Gasteiger partial charge in [-0.3, -0.25) is 4.79 Å². The molecule has 8 heteroatoms. The molecule has 0 aromatic heterocycles. The normalized spacial score (nSPS) is 13.5. The number of carbonyl (C=O) groups excluding carboxylic acids is 2. The lowest BCUT2D eigenvalue weighted by molar-refractivity contribution is -0.153. The third-order valence-corrected chi connectivity index (χ3v) is 4.22. The van der Waals surface area contributed by atoms with E-state index in [1.807, 2.05) is 43.3 Å². The lowest BCUT2D eigenvalue weighted by Gasteiger charge is -2.14. The van der Waals surface area contributed by atoms with Gasteiger partial charge in [-0.25, -0.2) is 4.79 Å². The molecule has 1 N–H and O–H groups in total. The molecule has 2 aromatic rings. The molecule has 0 saturated heterocycles. The van der Waals surface area contributed by atoms with Crippen LogP contribution in [0.4, 0.5) is 0 Å². The van der Waals surface area contributed by atoms with Gasteiger partial charge < -0.3 is 24.4 Å². The predicted molar refractivity (Wildman–Crippen MR) is 105 cm³/mol. The van der Waals surface area contributed by atoms with Crippen LogP contribution in [-0.2, 0) is 19.2 Å². The van der Waals surface area contributed by atoms with E-state index in [1.54, 1.807) is 19.1 Å². The number of rotatable bonds is 8. The molecule has 8 nitrogen and oxygen atoms in total. The maximum Gasteiger partial charge on any atom is 0.347 e. The Hall–Kier alpha value is -3.55. The van der Waals surface area contributed by atoms with Gasteiger partial charge in [0.05, 0.1) is 11.8 Å². The van der Waals surface area contributed by atoms with Crippen molar-refractivity contribution in [3.05, 3.63) is 59.7 Å². The van der Waals surface area contributed by atoms with E-state index in [2.05, 4.69) is 10.5 Å². The van der Waals surface area contributed by atoms with Gasteiger partial charge in [-0.15, -0.1) is 0 Å². The minimum Gasteiger partial charge on any atom is -0.454 e. The largest absolute Gasteiger partial charge is 0.454 e. The van der Waals surface area contributed by atoms with Crippen LogP contribution in [-0.4, -0.2) is 37.6 Å². The monoisotopic (exact) mass is 398 g/mol. The van der Waals surface area contributed by atoms with Crippen LogP contribution in [0, 0.1) is 0 Å². The predicted octanol–water partition coefficient (Wildman–Crippen LogP) is 2.58. The molecule has 1 heterocycles. The van der Waals surface area contributed by atoms with E-state index in [0.29, 0.717) is 17.2 Å². The molecular weight excluding hydrogens is 376 g/mol. The topological polar surface area (TPSA) is 95.5 Å². The lowest BCUT2D eigenvalue weighted by atomic mass is 10.1. The van der Waals surface area contributed by atoms with E-state index < -0.39 is 18.5 Å². The number of benzene rings is 2. The minimum atomic E-state index is -0.685. The second-order valence-electron chi connectivity index (χ2n) is 6.38. The van der Waals surface area contributed by atoms with Crippen molar-refractivity contribution in [1.82, 2.24) is 5.32 Å². The molecule has 1 atom stereocenters. The number of hydrogen-bond donors (Lipinski definition) is 1. The van der Waals surface area contributed by atoms with Crippen molar-refractivity contribution in [2.45, 2.75) is 19.9 Å². The third-order valence-electron chi connectivity index (χ3n) is 4.22. The Kier molecular flexibility index (Phi) is 6.67. The molecule has 29 heavy (non-hydrogen) atoms. The summed E-state index contributed by atoms with van der Waals surface area (Å²) >= 11 is 0. The summed E-state index contributed by atoms with van der Waals surface area (Å²) in [5, 5.41) is 6.66. The Morgan fingerprint density at radius 1 is 1.10 bits per heavy atom. The zero-order valence-corrected chi connectivity index (χ0v) is 16.2. The summed E-state index contributed by atoms with van der Waals surface area (Å²) < 4.78 is 15.5. The highest BCUT2D eigenvalue weighted by atomic mass is 16.7. The van der Waals surface area contributed by atoms with Crippen LogP contribution in [0.1, 0.15) is 31.0 Å². The summed E-state index contributed by atoms with van der Waals surface area (Å²) in [7, 11) is 0. The molecule has 3 rings (SSSR count). The second kappa shape index (κ2) is 9.59. The zero-order valence-electron chi connectivity index (χ0n) is 16.2. The van der Waals surface area contributed by atoms with Gasteiger partial charge >= 0.3 is 5.97 Å². The Morgan fingerprint density at radius 3 is 2.66 bits per heavy atom. The number of ether oxygens (including phenoxy) is 3. The number of nitrogens with one attached hydrogen (secondary N) is 1. The Balaban J connectivity index is 1.39. The first-order valence-corrected chi connectivity index (χ1v) is 9.09. The fourth-order valence-electron chi connectivity index (χ4n) is 2.65. The van der Waals surface area contributed by atoms with Crippen molar-refractivity contribution < 1.29 is 28.6 Å². The average Bonchev–Trinajstić information content (AvgIpc) is 3.20. The molecular formula is C21H22N2O6. The third kappa shape index (κ3) is 5.71. The molecule has 2 aromatic carbocycles. The SMILES string of the molecule is C/C(=N/OCC(=O)OCC(=O)N[C@H](C)c1ccccc1)c1ccc2c(c1)OCO2. The van der Waals surface area contributed by atoms with Crippen molar-refractivity contribution in [2.24, 2.45) is 5.16 Å². The van der Waals surface area contributed by atoms with Crippen LogP contribution in [0.15, 0.2) is 53.7 Å². The first kappa shape index (κ1) is 20.2. The van der Waals surface area contributed by atoms with E-state index in [-0.39, 0.29) is 19.4 Å². The smallest absolute Gasteiger partial charge is 0.347 e. The fraction of sp³-hybridized carbons (Fsp3) is 0.286. The van der Waals surface area contributed by atoms with Crippen molar-refractivity contribution in [3.63, 3.8) is 0 Å². The van der Waals surface area contributed by atoms with Crippen LogP contribution in [0.3, 0.4) is 0 Å². The van der Waals surface area contributed by atoms with E-state index >= 15 is 0 Å². The maximum absolute atomic E-state index is 11.9. The van der Waals surface area contributed by atoms with Gasteiger partial charge in [0, 0.05) is 5.56 Å². The average molecular weight is 398 g/mol. The summed E-state index contributed by atoms with van der Waals surface area (Å²) in [6.45, 7) is 3.00. The number of nitrogens with zero attached hydrogens (tertiary/aromatic N) is 1. The highest BCUT2D eigenvalue weighted by Gasteiger charge is 2.15. The lowest BCUT2D eigenvalue weighted by Crippen LogP contribution is -2.31. The molecule has 0 bridgehead atoms. The fourth-order valence-corrected chi connectivity index (χ4v) is 2.65. The van der Waals surface area contributed by atoms with Gasteiger partial charge in [-0.1, -0.05) is 35.5 Å². The molecule has 1 aliphatic heterocycles. The Bertz CT molecular complexity index is 897. The first-order chi connectivity index (χ1) is 14.0. The molecule has 152 valence electrons. The number of carbonyl (C=O) groups is 2. The van der Waals surface area contributed by atoms with Crippen molar-refractivity contribution >= 4 is 17.6 Å². The van der Waals surface area contributed by atoms with Crippen LogP contribution in [0.2, 0.25) is 0 Å². The molecule has 0 saturated carbocycles. The highest BCUT2D eigenvalue weighted by Crippen LogP contribution is 2.32. The summed E-state index contributed by atoms with van der Waals surface area (Å²) in [6, 6.07) is 14.7. The van der Waals surface area contributed by atoms with E-state index in [9.17, 15) is 9.59 Å².